The molecule has 2 N–H and O–H groups in total. The van der Waals surface area contributed by atoms with Gasteiger partial charge in [-0.3, -0.25) is 0 Å². The summed E-state index contributed by atoms with van der Waals surface area (Å²) in [6.07, 6.45) is 0. The summed E-state index contributed by atoms with van der Waals surface area (Å²) < 4.78 is 28.8. The van der Waals surface area contributed by atoms with Crippen LogP contribution in [-0.4, -0.2) is 29.2 Å². The summed E-state index contributed by atoms with van der Waals surface area (Å²) in [4.78, 5) is 11.5. The van der Waals surface area contributed by atoms with Crippen LogP contribution in [0, 0.1) is 5.82 Å². The third-order valence-electron chi connectivity index (χ3n) is 2.19. The Labute approximate surface area is 122 Å². The molecule has 1 heterocycles. The van der Waals surface area contributed by atoms with E-state index in [1.807, 2.05) is 0 Å². The molecule has 106 valence electrons. The van der Waals surface area contributed by atoms with Gasteiger partial charge in [-0.05, 0) is 22.0 Å². The zero-order valence-corrected chi connectivity index (χ0v) is 12.1. The van der Waals surface area contributed by atoms with Crippen molar-refractivity contribution in [3.05, 3.63) is 22.4 Å². The summed E-state index contributed by atoms with van der Waals surface area (Å²) >= 11 is 3.02. The minimum Gasteiger partial charge on any atom is -0.467 e. The Morgan fingerprint density at radius 1 is 1.05 bits per heavy atom. The fourth-order valence-corrected chi connectivity index (χ4v) is 1.64. The fourth-order valence-electron chi connectivity index (χ4n) is 1.28. The monoisotopic (exact) mass is 344 g/mol. The normalized spacial score (nSPS) is 10.2. The van der Waals surface area contributed by atoms with E-state index in [0.717, 1.165) is 6.07 Å². The molecule has 1 aromatic heterocycles. The Kier molecular flexibility index (Phi) is 4.18. The molecule has 1 aromatic carbocycles. The van der Waals surface area contributed by atoms with Gasteiger partial charge in [0.15, 0.2) is 5.75 Å². The molecular weight excluding hydrogens is 335 g/mol. The molecule has 0 aliphatic heterocycles. The van der Waals surface area contributed by atoms with Gasteiger partial charge in [-0.2, -0.15) is 0 Å². The summed E-state index contributed by atoms with van der Waals surface area (Å²) in [7, 11) is 2.76. The molecule has 0 amide bonds. The van der Waals surface area contributed by atoms with Crippen LogP contribution >= 0.6 is 15.9 Å². The maximum atomic E-state index is 13.5. The van der Waals surface area contributed by atoms with E-state index < -0.39 is 5.82 Å². The van der Waals surface area contributed by atoms with E-state index in [2.05, 4.69) is 30.9 Å². The number of aromatic nitrogens is 3. The van der Waals surface area contributed by atoms with Crippen molar-refractivity contribution in [1.29, 1.82) is 0 Å². The van der Waals surface area contributed by atoms with Crippen molar-refractivity contribution in [1.82, 2.24) is 15.0 Å². The van der Waals surface area contributed by atoms with Crippen LogP contribution in [0.5, 0.6) is 23.8 Å². The number of anilines is 1. The Bertz CT molecular complexity index is 619. The number of nitrogens with zero attached hydrogens (tertiary/aromatic N) is 3. The maximum Gasteiger partial charge on any atom is 0.331 e. The topological polar surface area (TPSA) is 92.4 Å². The van der Waals surface area contributed by atoms with Crippen LogP contribution < -0.4 is 19.9 Å². The van der Waals surface area contributed by atoms with Gasteiger partial charge in [-0.1, -0.05) is 0 Å². The van der Waals surface area contributed by atoms with E-state index in [1.54, 1.807) is 0 Å². The predicted octanol–water partition coefficient (Wildman–Crippen LogP) is 2.16. The van der Waals surface area contributed by atoms with Gasteiger partial charge >= 0.3 is 18.0 Å². The third-order valence-corrected chi connectivity index (χ3v) is 2.80. The van der Waals surface area contributed by atoms with Crippen molar-refractivity contribution in [2.24, 2.45) is 0 Å². The lowest BCUT2D eigenvalue weighted by atomic mass is 10.3. The molecule has 0 radical (unpaired) electrons. The molecule has 0 saturated heterocycles. The van der Waals surface area contributed by atoms with Crippen LogP contribution in [0.25, 0.3) is 0 Å². The van der Waals surface area contributed by atoms with E-state index in [0.29, 0.717) is 0 Å². The van der Waals surface area contributed by atoms with E-state index in [4.69, 9.17) is 19.9 Å². The smallest absolute Gasteiger partial charge is 0.331 e. The first-order chi connectivity index (χ1) is 9.53. The van der Waals surface area contributed by atoms with Gasteiger partial charge in [0.2, 0.25) is 0 Å². The molecule has 20 heavy (non-hydrogen) atoms. The zero-order chi connectivity index (χ0) is 14.7. The number of nitrogen functional groups attached to an aromatic ring is 1. The first-order valence-electron chi connectivity index (χ1n) is 5.30. The lowest BCUT2D eigenvalue weighted by molar-refractivity contribution is 0.320. The largest absolute Gasteiger partial charge is 0.467 e. The number of rotatable bonds is 4. The fraction of sp³-hybridized carbons (Fsp3) is 0.182. The molecule has 7 nitrogen and oxygen atoms in total. The number of methoxy groups -OCH3 is 2. The number of halogens is 2. The minimum atomic E-state index is -0.526. The second-order valence-corrected chi connectivity index (χ2v) is 4.35. The lowest BCUT2D eigenvalue weighted by Gasteiger charge is -2.09. The zero-order valence-electron chi connectivity index (χ0n) is 10.6. The maximum absolute atomic E-state index is 13.5. The van der Waals surface area contributed by atoms with E-state index in [-0.39, 0.29) is 33.9 Å². The van der Waals surface area contributed by atoms with Gasteiger partial charge in [-0.15, -0.1) is 15.0 Å². The van der Waals surface area contributed by atoms with Crippen LogP contribution in [0.2, 0.25) is 0 Å². The van der Waals surface area contributed by atoms with E-state index >= 15 is 0 Å². The average molecular weight is 345 g/mol. The summed E-state index contributed by atoms with van der Waals surface area (Å²) in [5, 5.41) is 0. The number of ether oxygens (including phenoxy) is 3. The molecule has 0 aliphatic carbocycles. The second-order valence-electron chi connectivity index (χ2n) is 3.50. The van der Waals surface area contributed by atoms with Gasteiger partial charge < -0.3 is 19.9 Å². The highest BCUT2D eigenvalue weighted by Crippen LogP contribution is 2.31. The van der Waals surface area contributed by atoms with Crippen molar-refractivity contribution in [3.63, 3.8) is 0 Å². The molecule has 0 fully saturated rings. The number of hydrogen-bond acceptors (Lipinski definition) is 7. The number of benzene rings is 1. The van der Waals surface area contributed by atoms with Crippen molar-refractivity contribution < 1.29 is 18.6 Å². The molecule has 0 aliphatic rings. The SMILES string of the molecule is COc1nc(OC)nc(Oc2cc(F)c(Br)cc2N)n1. The molecule has 2 aromatic rings. The average Bonchev–Trinajstić information content (AvgIpc) is 2.44. The van der Waals surface area contributed by atoms with E-state index in [1.165, 1.54) is 20.3 Å². The Hall–Kier alpha value is -2.16. The van der Waals surface area contributed by atoms with Crippen LogP contribution in [0.15, 0.2) is 16.6 Å². The van der Waals surface area contributed by atoms with Crippen LogP contribution in [-0.2, 0) is 0 Å². The first kappa shape index (κ1) is 14.3. The molecule has 0 unspecified atom stereocenters. The molecule has 9 heteroatoms. The van der Waals surface area contributed by atoms with Crippen molar-refractivity contribution in [2.75, 3.05) is 20.0 Å². The summed E-state index contributed by atoms with van der Waals surface area (Å²) in [5.41, 5.74) is 5.94. The molecule has 0 spiro atoms. The van der Waals surface area contributed by atoms with Gasteiger partial charge in [0, 0.05) is 6.07 Å². The standard InChI is InChI=1S/C11H10BrFN4O3/c1-18-9-15-10(19-2)17-11(16-9)20-8-4-6(13)5(12)3-7(8)14/h3-4H,14H2,1-2H3. The summed E-state index contributed by atoms with van der Waals surface area (Å²) in [6.45, 7) is 0. The molecular formula is C11H10BrFN4O3. The Balaban J connectivity index is 2.36. The Morgan fingerprint density at radius 2 is 1.60 bits per heavy atom. The molecule has 0 bridgehead atoms. The third kappa shape index (κ3) is 3.05. The summed E-state index contributed by atoms with van der Waals surface area (Å²) in [5.74, 6) is -0.455. The first-order valence-corrected chi connectivity index (χ1v) is 6.09. The van der Waals surface area contributed by atoms with E-state index in [9.17, 15) is 4.39 Å². The van der Waals surface area contributed by atoms with Crippen LogP contribution in [0.3, 0.4) is 0 Å². The highest BCUT2D eigenvalue weighted by atomic mass is 79.9. The number of nitrogens with two attached hydrogens (primary N) is 1. The predicted molar refractivity (Wildman–Crippen MR) is 71.5 cm³/mol. The summed E-state index contributed by atoms with van der Waals surface area (Å²) in [6, 6.07) is 2.37. The minimum absolute atomic E-state index is 0.00278. The highest BCUT2D eigenvalue weighted by molar-refractivity contribution is 9.10. The number of hydrogen-bond donors (Lipinski definition) is 1. The molecule has 0 atom stereocenters. The Morgan fingerprint density at radius 3 is 2.15 bits per heavy atom. The van der Waals surface area contributed by atoms with Gasteiger partial charge in [0.05, 0.1) is 24.4 Å². The highest BCUT2D eigenvalue weighted by Gasteiger charge is 2.13. The molecule has 0 saturated carbocycles. The second kappa shape index (κ2) is 5.87. The quantitative estimate of drug-likeness (QED) is 0.849. The molecule has 2 rings (SSSR count). The lowest BCUT2D eigenvalue weighted by Crippen LogP contribution is -2.02. The van der Waals surface area contributed by atoms with Crippen LogP contribution in [0.4, 0.5) is 10.1 Å². The van der Waals surface area contributed by atoms with Gasteiger partial charge in [0.25, 0.3) is 0 Å². The van der Waals surface area contributed by atoms with Crippen LogP contribution in [0.1, 0.15) is 0 Å². The van der Waals surface area contributed by atoms with Gasteiger partial charge in [-0.25, -0.2) is 4.39 Å². The van der Waals surface area contributed by atoms with Crippen molar-refractivity contribution in [3.8, 4) is 23.8 Å². The van der Waals surface area contributed by atoms with Crippen molar-refractivity contribution in [2.45, 2.75) is 0 Å². The van der Waals surface area contributed by atoms with Crippen molar-refractivity contribution >= 4 is 21.6 Å². The van der Waals surface area contributed by atoms with Gasteiger partial charge in [0.1, 0.15) is 5.82 Å².